The molecule has 1 aliphatic rings. The first-order valence-electron chi connectivity index (χ1n) is 10.7. The first-order valence-corrected chi connectivity index (χ1v) is 14.1. The standard InChI is InChI=1S/C21H28N4O7S3/c1-4-22-18-13-24(9-6-10-30-2)35(3,29)20-17(18)12-19(33-20)34-23-21(26)32-16-8-5-7-15(11-16)14-31-25(27)28/h5,7-8,11-12,18,22H,3-4,6,9-10,13-14H2,1-2H3,(H,23,26). The minimum atomic E-state index is -2.66. The first kappa shape index (κ1) is 27.2. The number of fused-ring (bicyclic) bond motifs is 1. The SMILES string of the molecule is C=S1(=O)c2sc(SNC(=O)Oc3cccc(CO[N+](=O)[O-])c3)cc2C(NCC)CN1CCCOC. The first-order chi connectivity index (χ1) is 16.7. The van der Waals surface area contributed by atoms with Crippen molar-refractivity contribution in [1.82, 2.24) is 14.3 Å². The lowest BCUT2D eigenvalue weighted by molar-refractivity contribution is -0.763. The van der Waals surface area contributed by atoms with Gasteiger partial charge in [-0.15, -0.1) is 21.5 Å². The number of benzene rings is 1. The highest BCUT2D eigenvalue weighted by Gasteiger charge is 2.34. The lowest BCUT2D eigenvalue weighted by Gasteiger charge is -2.35. The molecule has 3 rings (SSSR count). The van der Waals surface area contributed by atoms with Crippen LogP contribution in [0.15, 0.2) is 38.8 Å². The molecule has 0 saturated carbocycles. The summed E-state index contributed by atoms with van der Waals surface area (Å²) in [6.07, 6.45) is 0.0326. The average molecular weight is 545 g/mol. The van der Waals surface area contributed by atoms with Gasteiger partial charge in [0.05, 0.1) is 13.9 Å². The average Bonchev–Trinajstić information content (AvgIpc) is 3.26. The van der Waals surface area contributed by atoms with Crippen LogP contribution in [0.25, 0.3) is 0 Å². The topological polar surface area (TPSA) is 132 Å². The zero-order valence-electron chi connectivity index (χ0n) is 19.4. The van der Waals surface area contributed by atoms with Crippen LogP contribution in [0.1, 0.15) is 30.5 Å². The van der Waals surface area contributed by atoms with E-state index in [9.17, 15) is 19.1 Å². The van der Waals surface area contributed by atoms with E-state index >= 15 is 0 Å². The summed E-state index contributed by atoms with van der Waals surface area (Å²) in [4.78, 5) is 27.0. The molecular formula is C21H28N4O7S3. The van der Waals surface area contributed by atoms with Crippen LogP contribution in [0, 0.1) is 10.1 Å². The Bertz CT molecular complexity index is 1140. The number of hydrogen-bond donors (Lipinski definition) is 2. The Morgan fingerprint density at radius 1 is 1.43 bits per heavy atom. The largest absolute Gasteiger partial charge is 0.422 e. The second kappa shape index (κ2) is 12.6. The van der Waals surface area contributed by atoms with Gasteiger partial charge < -0.3 is 19.6 Å². The van der Waals surface area contributed by atoms with Crippen LogP contribution in [-0.4, -0.2) is 58.9 Å². The molecule has 0 fully saturated rings. The smallest absolute Gasteiger partial charge is 0.410 e. The Balaban J connectivity index is 1.66. The van der Waals surface area contributed by atoms with Crippen molar-refractivity contribution in [3.05, 3.63) is 51.6 Å². The second-order valence-electron chi connectivity index (χ2n) is 7.53. The fourth-order valence-corrected chi connectivity index (χ4v) is 8.06. The van der Waals surface area contributed by atoms with Crippen LogP contribution in [0.2, 0.25) is 0 Å². The van der Waals surface area contributed by atoms with Crippen molar-refractivity contribution in [1.29, 1.82) is 0 Å². The van der Waals surface area contributed by atoms with Crippen molar-refractivity contribution in [2.45, 2.75) is 34.4 Å². The fourth-order valence-electron chi connectivity index (χ4n) is 3.54. The fraction of sp³-hybridized carbons (Fsp3) is 0.429. The summed E-state index contributed by atoms with van der Waals surface area (Å²) in [5.74, 6) is 4.27. The highest BCUT2D eigenvalue weighted by atomic mass is 32.2. The Morgan fingerprint density at radius 3 is 2.94 bits per heavy atom. The van der Waals surface area contributed by atoms with E-state index in [1.807, 2.05) is 17.3 Å². The number of thiophene rings is 1. The van der Waals surface area contributed by atoms with E-state index in [0.29, 0.717) is 29.5 Å². The van der Waals surface area contributed by atoms with Crippen LogP contribution in [0.4, 0.5) is 4.79 Å². The van der Waals surface area contributed by atoms with Gasteiger partial charge in [-0.25, -0.2) is 13.3 Å². The van der Waals surface area contributed by atoms with Crippen LogP contribution in [-0.2, 0) is 25.9 Å². The molecular weight excluding hydrogens is 516 g/mol. The Morgan fingerprint density at radius 2 is 2.23 bits per heavy atom. The molecule has 0 radical (unpaired) electrons. The maximum atomic E-state index is 13.6. The van der Waals surface area contributed by atoms with Crippen molar-refractivity contribution in [3.8, 4) is 5.75 Å². The van der Waals surface area contributed by atoms with Crippen LogP contribution in [0.3, 0.4) is 0 Å². The number of likely N-dealkylation sites (N-methyl/N-ethyl adjacent to an activating group) is 1. The molecule has 192 valence electrons. The van der Waals surface area contributed by atoms with E-state index in [0.717, 1.165) is 34.7 Å². The van der Waals surface area contributed by atoms with Gasteiger partial charge >= 0.3 is 6.09 Å². The number of carbonyl (C=O) groups is 1. The molecule has 1 aliphatic heterocycles. The minimum absolute atomic E-state index is 0.00412. The second-order valence-corrected chi connectivity index (χ2v) is 12.2. The normalized spacial score (nSPS) is 19.7. The summed E-state index contributed by atoms with van der Waals surface area (Å²) < 4.78 is 30.0. The van der Waals surface area contributed by atoms with Gasteiger partial charge in [0, 0.05) is 44.8 Å². The highest BCUT2D eigenvalue weighted by molar-refractivity contribution is 8.02. The molecule has 11 nitrogen and oxygen atoms in total. The van der Waals surface area contributed by atoms with Gasteiger partial charge in [0.1, 0.15) is 16.6 Å². The molecule has 1 amide bonds. The summed E-state index contributed by atoms with van der Waals surface area (Å²) in [5.41, 5.74) is 1.41. The molecule has 14 heteroatoms. The molecule has 1 aromatic carbocycles. The third-order valence-corrected chi connectivity index (χ3v) is 9.90. The van der Waals surface area contributed by atoms with Gasteiger partial charge in [0.2, 0.25) is 0 Å². The minimum Gasteiger partial charge on any atom is -0.410 e. The highest BCUT2D eigenvalue weighted by Crippen LogP contribution is 2.41. The molecule has 0 spiro atoms. The molecule has 2 unspecified atom stereocenters. The Labute approximate surface area is 212 Å². The zero-order chi connectivity index (χ0) is 25.4. The van der Waals surface area contributed by atoms with Crippen molar-refractivity contribution in [3.63, 3.8) is 0 Å². The van der Waals surface area contributed by atoms with E-state index in [4.69, 9.17) is 9.47 Å². The number of nitrogens with one attached hydrogen (secondary N) is 2. The van der Waals surface area contributed by atoms with E-state index < -0.39 is 20.9 Å². The third-order valence-electron chi connectivity index (χ3n) is 5.06. The molecule has 2 heterocycles. The van der Waals surface area contributed by atoms with Crippen LogP contribution < -0.4 is 14.8 Å². The Kier molecular flexibility index (Phi) is 9.77. The monoisotopic (exact) mass is 544 g/mol. The summed E-state index contributed by atoms with van der Waals surface area (Å²) in [6.45, 7) is 4.27. The molecule has 1 aromatic heterocycles. The number of carbonyl (C=O) groups excluding carboxylic acids is 1. The number of hydrogen-bond acceptors (Lipinski definition) is 10. The van der Waals surface area contributed by atoms with E-state index in [-0.39, 0.29) is 18.4 Å². The molecule has 0 bridgehead atoms. The zero-order valence-corrected chi connectivity index (χ0v) is 21.8. The number of methoxy groups -OCH3 is 1. The summed E-state index contributed by atoms with van der Waals surface area (Å²) in [6, 6.07) is 8.18. The van der Waals surface area contributed by atoms with E-state index in [1.54, 1.807) is 25.3 Å². The molecule has 2 atom stereocenters. The number of nitrogens with zero attached hydrogens (tertiary/aromatic N) is 2. The number of amides is 1. The van der Waals surface area contributed by atoms with Gasteiger partial charge in [0.25, 0.3) is 5.09 Å². The van der Waals surface area contributed by atoms with Gasteiger partial charge in [-0.05, 0) is 48.2 Å². The van der Waals surface area contributed by atoms with E-state index in [2.05, 4.69) is 20.7 Å². The molecule has 0 aliphatic carbocycles. The lowest BCUT2D eigenvalue weighted by Crippen LogP contribution is -2.43. The molecule has 35 heavy (non-hydrogen) atoms. The van der Waals surface area contributed by atoms with Crippen molar-refractivity contribution < 1.29 is 28.4 Å². The molecule has 0 saturated heterocycles. The van der Waals surface area contributed by atoms with Gasteiger partial charge in [-0.1, -0.05) is 19.1 Å². The quantitative estimate of drug-likeness (QED) is 0.136. The molecule has 2 aromatic rings. The summed E-state index contributed by atoms with van der Waals surface area (Å²) >= 11 is 2.40. The predicted octanol–water partition coefficient (Wildman–Crippen LogP) is 3.25. The van der Waals surface area contributed by atoms with Crippen LogP contribution in [0.5, 0.6) is 5.75 Å². The number of ether oxygens (including phenoxy) is 2. The number of rotatable bonds is 12. The van der Waals surface area contributed by atoms with Gasteiger partial charge in [0.15, 0.2) is 0 Å². The van der Waals surface area contributed by atoms with Gasteiger partial charge in [-0.2, -0.15) is 0 Å². The van der Waals surface area contributed by atoms with Crippen molar-refractivity contribution in [2.75, 3.05) is 33.4 Å². The van der Waals surface area contributed by atoms with Gasteiger partial charge in [-0.3, -0.25) is 4.72 Å². The predicted molar refractivity (Wildman–Crippen MR) is 136 cm³/mol. The van der Waals surface area contributed by atoms with E-state index in [1.165, 1.54) is 17.4 Å². The summed E-state index contributed by atoms with van der Waals surface area (Å²) in [5, 5.41) is 12.9. The lowest BCUT2D eigenvalue weighted by atomic mass is 10.1. The maximum Gasteiger partial charge on any atom is 0.422 e. The third kappa shape index (κ3) is 7.32. The van der Waals surface area contributed by atoms with Crippen molar-refractivity contribution >= 4 is 45.0 Å². The summed E-state index contributed by atoms with van der Waals surface area (Å²) in [7, 11) is -1.02. The Hall–Kier alpha value is -2.36. The van der Waals surface area contributed by atoms with Crippen molar-refractivity contribution in [2.24, 2.45) is 0 Å². The maximum absolute atomic E-state index is 13.6. The van der Waals surface area contributed by atoms with Crippen LogP contribution >= 0.6 is 23.3 Å². The molecule has 2 N–H and O–H groups in total.